The van der Waals surface area contributed by atoms with Crippen molar-refractivity contribution < 1.29 is 0 Å². The van der Waals surface area contributed by atoms with Gasteiger partial charge in [0.2, 0.25) is 0 Å². The lowest BCUT2D eigenvalue weighted by molar-refractivity contribution is 0.508. The van der Waals surface area contributed by atoms with E-state index in [9.17, 15) is 0 Å². The number of rotatable bonds is 4. The van der Waals surface area contributed by atoms with E-state index in [-0.39, 0.29) is 0 Å². The van der Waals surface area contributed by atoms with Gasteiger partial charge in [-0.3, -0.25) is 10.2 Å². The van der Waals surface area contributed by atoms with Crippen LogP contribution < -0.4 is 10.6 Å². The molecule has 0 fully saturated rings. The molecule has 0 aliphatic carbocycles. The first-order valence-corrected chi connectivity index (χ1v) is 7.34. The van der Waals surface area contributed by atoms with E-state index >= 15 is 0 Å². The summed E-state index contributed by atoms with van der Waals surface area (Å²) in [6.07, 6.45) is 3.58. The van der Waals surface area contributed by atoms with Gasteiger partial charge in [0.25, 0.3) is 0 Å². The minimum Gasteiger partial charge on any atom is -0.308 e. The van der Waals surface area contributed by atoms with Gasteiger partial charge in [0.05, 0.1) is 10.6 Å². The monoisotopic (exact) mass is 250 g/mol. The summed E-state index contributed by atoms with van der Waals surface area (Å²) in [4.78, 5) is 0. The molecule has 0 saturated carbocycles. The van der Waals surface area contributed by atoms with Crippen LogP contribution in [0.5, 0.6) is 0 Å². The van der Waals surface area contributed by atoms with Gasteiger partial charge < -0.3 is 9.13 Å². The van der Waals surface area contributed by atoms with Crippen LogP contribution in [0.15, 0.2) is 24.5 Å². The van der Waals surface area contributed by atoms with Crippen molar-refractivity contribution in [3.63, 3.8) is 0 Å². The maximum Gasteiger partial charge on any atom is 0.308 e. The molecule has 0 spiro atoms. The van der Waals surface area contributed by atoms with Crippen LogP contribution in [0, 0.1) is 0 Å². The Morgan fingerprint density at radius 3 is 1.53 bits per heavy atom. The van der Waals surface area contributed by atoms with Crippen molar-refractivity contribution in [1.82, 2.24) is 29.5 Å². The minimum absolute atomic E-state index is 1.14. The van der Waals surface area contributed by atoms with Crippen LogP contribution in [0.2, 0.25) is 0 Å². The highest BCUT2D eigenvalue weighted by molar-refractivity contribution is 6.96. The van der Waals surface area contributed by atoms with Crippen LogP contribution >= 0.6 is 0 Å². The molecule has 92 valence electrons. The van der Waals surface area contributed by atoms with Crippen LogP contribution in [0.3, 0.4) is 0 Å². The lowest BCUT2D eigenvalue weighted by atomic mass is 10.7. The van der Waals surface area contributed by atoms with Gasteiger partial charge in [-0.2, -0.15) is 10.2 Å². The molecule has 0 aliphatic heterocycles. The first-order chi connectivity index (χ1) is 8.10. The van der Waals surface area contributed by atoms with Crippen molar-refractivity contribution in [2.45, 2.75) is 0 Å². The number of H-pyrrole nitrogens is 2. The van der Waals surface area contributed by atoms with Crippen LogP contribution in [-0.4, -0.2) is 66.1 Å². The molecule has 6 nitrogen and oxygen atoms in total. The Balaban J connectivity index is 2.64. The second kappa shape index (κ2) is 4.44. The Morgan fingerprint density at radius 1 is 0.882 bits per heavy atom. The van der Waals surface area contributed by atoms with Gasteiger partial charge in [-0.1, -0.05) is 0 Å². The summed E-state index contributed by atoms with van der Waals surface area (Å²) >= 11 is 0. The van der Waals surface area contributed by atoms with E-state index < -0.39 is 8.40 Å². The quantitative estimate of drug-likeness (QED) is 0.670. The van der Waals surface area contributed by atoms with Gasteiger partial charge in [-0.25, -0.2) is 0 Å². The Bertz CT molecular complexity index is 403. The SMILES string of the molecule is CN(C)[Si](c1ccn[nH]1)(c1ccn[nH]1)N(C)C. The zero-order valence-electron chi connectivity index (χ0n) is 10.6. The average molecular weight is 250 g/mol. The molecule has 0 saturated heterocycles. The van der Waals surface area contributed by atoms with Crippen molar-refractivity contribution in [2.24, 2.45) is 0 Å². The Kier molecular flexibility index (Phi) is 3.14. The van der Waals surface area contributed by atoms with E-state index in [1.54, 1.807) is 12.4 Å². The van der Waals surface area contributed by atoms with Crippen molar-refractivity contribution >= 4 is 19.0 Å². The smallest absolute Gasteiger partial charge is 0.308 e. The molecule has 0 unspecified atom stereocenters. The molecule has 2 heterocycles. The highest BCUT2D eigenvalue weighted by atomic mass is 28.3. The third-order valence-electron chi connectivity index (χ3n) is 3.05. The maximum atomic E-state index is 4.08. The summed E-state index contributed by atoms with van der Waals surface area (Å²) in [5, 5.41) is 16.7. The fraction of sp³-hybridized carbons (Fsp3) is 0.400. The second-order valence-electron chi connectivity index (χ2n) is 4.40. The molecule has 17 heavy (non-hydrogen) atoms. The lowest BCUT2D eigenvalue weighted by Crippen LogP contribution is -2.77. The Morgan fingerprint density at radius 2 is 1.29 bits per heavy atom. The van der Waals surface area contributed by atoms with Gasteiger partial charge in [-0.15, -0.1) is 0 Å². The summed E-state index contributed by atoms with van der Waals surface area (Å²) in [6.45, 7) is 0. The van der Waals surface area contributed by atoms with E-state index in [0.717, 1.165) is 10.6 Å². The topological polar surface area (TPSA) is 63.8 Å². The third-order valence-corrected chi connectivity index (χ3v) is 7.70. The molecule has 0 amide bonds. The normalized spacial score (nSPS) is 12.6. The highest BCUT2D eigenvalue weighted by Crippen LogP contribution is 2.08. The predicted molar refractivity (Wildman–Crippen MR) is 69.6 cm³/mol. The first kappa shape index (κ1) is 12.0. The third kappa shape index (κ3) is 1.72. The predicted octanol–water partition coefficient (Wildman–Crippen LogP) is -1.19. The van der Waals surface area contributed by atoms with Crippen LogP contribution in [0.1, 0.15) is 0 Å². The van der Waals surface area contributed by atoms with E-state index in [4.69, 9.17) is 0 Å². The van der Waals surface area contributed by atoms with Crippen LogP contribution in [0.25, 0.3) is 0 Å². The molecule has 7 heteroatoms. The standard InChI is InChI=1S/C10H18N6Si/c1-15(2)17(16(3)4,9-5-7-11-13-9)10-6-8-12-14-10/h5-8H,1-4H3,(H,11,13)(H,12,14). The average Bonchev–Trinajstić information content (AvgIpc) is 2.88. The molecule has 2 aromatic rings. The molecular weight excluding hydrogens is 232 g/mol. The number of hydrogen-bond acceptors (Lipinski definition) is 4. The summed E-state index contributed by atoms with van der Waals surface area (Å²) < 4.78 is 4.52. The van der Waals surface area contributed by atoms with Gasteiger partial charge in [0.1, 0.15) is 0 Å². The molecule has 2 aromatic heterocycles. The Labute approximate surface area is 102 Å². The van der Waals surface area contributed by atoms with Crippen LogP contribution in [0.4, 0.5) is 0 Å². The van der Waals surface area contributed by atoms with E-state index in [0.29, 0.717) is 0 Å². The summed E-state index contributed by atoms with van der Waals surface area (Å²) in [6, 6.07) is 4.07. The van der Waals surface area contributed by atoms with Crippen molar-refractivity contribution in [2.75, 3.05) is 28.2 Å². The van der Waals surface area contributed by atoms with E-state index in [2.05, 4.69) is 57.7 Å². The molecule has 0 aromatic carbocycles. The largest absolute Gasteiger partial charge is 0.308 e. The number of nitrogens with zero attached hydrogens (tertiary/aromatic N) is 4. The Hall–Kier alpha value is -1.44. The summed E-state index contributed by atoms with van der Waals surface area (Å²) in [7, 11) is 6.20. The molecular formula is C10H18N6Si. The van der Waals surface area contributed by atoms with Crippen molar-refractivity contribution in [1.29, 1.82) is 0 Å². The second-order valence-corrected chi connectivity index (χ2v) is 8.61. The zero-order valence-corrected chi connectivity index (χ0v) is 11.6. The van der Waals surface area contributed by atoms with Crippen LogP contribution in [-0.2, 0) is 0 Å². The number of nitrogens with one attached hydrogen (secondary N) is 2. The molecule has 0 radical (unpaired) electrons. The first-order valence-electron chi connectivity index (χ1n) is 5.44. The van der Waals surface area contributed by atoms with Crippen molar-refractivity contribution in [3.05, 3.63) is 24.5 Å². The molecule has 2 N–H and O–H groups in total. The van der Waals surface area contributed by atoms with Gasteiger partial charge in [-0.05, 0) is 40.3 Å². The lowest BCUT2D eigenvalue weighted by Gasteiger charge is -2.40. The maximum absolute atomic E-state index is 4.08. The number of aromatic amines is 2. The van der Waals surface area contributed by atoms with E-state index in [1.165, 1.54) is 0 Å². The molecule has 0 atom stereocenters. The van der Waals surface area contributed by atoms with Gasteiger partial charge in [0.15, 0.2) is 0 Å². The molecule has 2 rings (SSSR count). The van der Waals surface area contributed by atoms with Gasteiger partial charge >= 0.3 is 8.40 Å². The highest BCUT2D eigenvalue weighted by Gasteiger charge is 2.46. The summed E-state index contributed by atoms with van der Waals surface area (Å²) in [5.74, 6) is 0. The zero-order chi connectivity index (χ0) is 12.5. The van der Waals surface area contributed by atoms with Gasteiger partial charge in [0, 0.05) is 12.4 Å². The van der Waals surface area contributed by atoms with Crippen molar-refractivity contribution in [3.8, 4) is 0 Å². The minimum atomic E-state index is -2.17. The van der Waals surface area contributed by atoms with E-state index in [1.807, 2.05) is 12.1 Å². The molecule has 0 aliphatic rings. The fourth-order valence-corrected chi connectivity index (χ4v) is 6.48. The fourth-order valence-electron chi connectivity index (χ4n) is 2.41. The number of hydrogen-bond donors (Lipinski definition) is 2. The number of aromatic nitrogens is 4. The molecule has 0 bridgehead atoms. The summed E-state index contributed by atoms with van der Waals surface area (Å²) in [5.41, 5.74) is 0.